The Hall–Kier alpha value is -4.51. The van der Waals surface area contributed by atoms with Crippen LogP contribution in [0.15, 0.2) is 54.7 Å². The lowest BCUT2D eigenvalue weighted by Crippen LogP contribution is -2.19. The van der Waals surface area contributed by atoms with Crippen molar-refractivity contribution in [1.29, 1.82) is 0 Å². The van der Waals surface area contributed by atoms with Gasteiger partial charge in [-0.15, -0.1) is 0 Å². The molecule has 0 fully saturated rings. The van der Waals surface area contributed by atoms with E-state index in [2.05, 4.69) is 15.6 Å². The van der Waals surface area contributed by atoms with Crippen molar-refractivity contribution in [3.63, 3.8) is 0 Å². The predicted molar refractivity (Wildman–Crippen MR) is 129 cm³/mol. The molecule has 174 valence electrons. The van der Waals surface area contributed by atoms with Crippen LogP contribution in [-0.2, 0) is 0 Å². The number of rotatable bonds is 8. The number of amides is 2. The van der Waals surface area contributed by atoms with Gasteiger partial charge in [-0.1, -0.05) is 24.4 Å². The summed E-state index contributed by atoms with van der Waals surface area (Å²) in [6, 6.07) is 12.0. The highest BCUT2D eigenvalue weighted by Crippen LogP contribution is 2.28. The highest BCUT2D eigenvalue weighted by Gasteiger charge is 2.18. The number of nitrogens with zero attached hydrogens (tertiary/aromatic N) is 1. The minimum atomic E-state index is -1.25. The van der Waals surface area contributed by atoms with Crippen molar-refractivity contribution in [1.82, 2.24) is 4.98 Å². The third kappa shape index (κ3) is 5.45. The van der Waals surface area contributed by atoms with Gasteiger partial charge < -0.3 is 30.9 Å². The summed E-state index contributed by atoms with van der Waals surface area (Å²) in [5.41, 5.74) is 6.47. The van der Waals surface area contributed by atoms with E-state index in [1.54, 1.807) is 18.2 Å². The Kier molecular flexibility index (Phi) is 7.39. The number of pyridine rings is 1. The van der Waals surface area contributed by atoms with Crippen molar-refractivity contribution < 1.29 is 29.0 Å². The number of ether oxygens (including phenoxy) is 2. The van der Waals surface area contributed by atoms with E-state index in [0.717, 1.165) is 6.20 Å². The van der Waals surface area contributed by atoms with Crippen molar-refractivity contribution in [2.45, 2.75) is 0 Å². The molecule has 0 spiro atoms. The highest BCUT2D eigenvalue weighted by atomic mass is 32.1. The molecule has 0 aliphatic rings. The molecule has 0 aliphatic carbocycles. The van der Waals surface area contributed by atoms with Crippen LogP contribution in [-0.4, -0.2) is 47.1 Å². The van der Waals surface area contributed by atoms with Crippen molar-refractivity contribution in [3.05, 3.63) is 77.0 Å². The summed E-state index contributed by atoms with van der Waals surface area (Å²) in [4.78, 5) is 41.2. The monoisotopic (exact) mass is 480 g/mol. The third-order valence-corrected chi connectivity index (χ3v) is 4.93. The molecular formula is C23H20N4O6S. The van der Waals surface area contributed by atoms with Gasteiger partial charge in [0.05, 0.1) is 25.5 Å². The second kappa shape index (κ2) is 10.4. The molecule has 0 saturated carbocycles. The lowest BCUT2D eigenvalue weighted by atomic mass is 10.1. The number of carboxylic acid groups (broad SMARTS) is 1. The average Bonchev–Trinajstić information content (AvgIpc) is 2.84. The maximum absolute atomic E-state index is 12.8. The number of carbonyl (C=O) groups excluding carboxylic acids is 2. The van der Waals surface area contributed by atoms with Crippen molar-refractivity contribution in [3.8, 4) is 11.5 Å². The Morgan fingerprint density at radius 1 is 0.853 bits per heavy atom. The van der Waals surface area contributed by atoms with Gasteiger partial charge in [0, 0.05) is 22.9 Å². The second-order valence-corrected chi connectivity index (χ2v) is 7.28. The SMILES string of the molecule is COc1ccc(C(=O)Nc2ncc(C(=O)O)cc2NC(=O)c2ccc(C(N)=S)cc2)cc1OC. The van der Waals surface area contributed by atoms with Crippen LogP contribution in [0.5, 0.6) is 11.5 Å². The predicted octanol–water partition coefficient (Wildman–Crippen LogP) is 2.94. The van der Waals surface area contributed by atoms with Gasteiger partial charge in [0.25, 0.3) is 11.8 Å². The number of carboxylic acids is 1. The molecule has 1 heterocycles. The van der Waals surface area contributed by atoms with E-state index in [1.165, 1.54) is 44.6 Å². The fraction of sp³-hybridized carbons (Fsp3) is 0.0870. The largest absolute Gasteiger partial charge is 0.493 e. The molecule has 0 bridgehead atoms. The van der Waals surface area contributed by atoms with Crippen molar-refractivity contribution >= 4 is 46.5 Å². The van der Waals surface area contributed by atoms with Crippen LogP contribution in [0.1, 0.15) is 36.6 Å². The summed E-state index contributed by atoms with van der Waals surface area (Å²) in [6.07, 6.45) is 1.07. The van der Waals surface area contributed by atoms with Gasteiger partial charge in [0.1, 0.15) is 4.99 Å². The van der Waals surface area contributed by atoms with Gasteiger partial charge in [-0.25, -0.2) is 9.78 Å². The quantitative estimate of drug-likeness (QED) is 0.356. The molecule has 5 N–H and O–H groups in total. The van der Waals surface area contributed by atoms with Crippen LogP contribution in [0.25, 0.3) is 0 Å². The van der Waals surface area contributed by atoms with E-state index < -0.39 is 17.8 Å². The van der Waals surface area contributed by atoms with Crippen molar-refractivity contribution in [2.24, 2.45) is 5.73 Å². The van der Waals surface area contributed by atoms with Crippen LogP contribution in [0, 0.1) is 0 Å². The average molecular weight is 481 g/mol. The van der Waals surface area contributed by atoms with Crippen LogP contribution in [0.3, 0.4) is 0 Å². The molecule has 0 unspecified atom stereocenters. The number of anilines is 2. The smallest absolute Gasteiger partial charge is 0.337 e. The van der Waals surface area contributed by atoms with Crippen LogP contribution in [0.4, 0.5) is 11.5 Å². The first-order valence-corrected chi connectivity index (χ1v) is 10.1. The minimum absolute atomic E-state index is 0.00264. The van der Waals surface area contributed by atoms with E-state index in [0.29, 0.717) is 17.1 Å². The lowest BCUT2D eigenvalue weighted by Gasteiger charge is -2.13. The highest BCUT2D eigenvalue weighted by molar-refractivity contribution is 7.80. The normalized spacial score (nSPS) is 10.2. The van der Waals surface area contributed by atoms with E-state index >= 15 is 0 Å². The van der Waals surface area contributed by atoms with Crippen LogP contribution >= 0.6 is 12.2 Å². The fourth-order valence-electron chi connectivity index (χ4n) is 2.91. The summed E-state index contributed by atoms with van der Waals surface area (Å²) < 4.78 is 10.4. The first-order valence-electron chi connectivity index (χ1n) is 9.71. The zero-order valence-corrected chi connectivity index (χ0v) is 18.9. The molecule has 10 nitrogen and oxygen atoms in total. The maximum Gasteiger partial charge on any atom is 0.337 e. The number of hydrogen-bond acceptors (Lipinski definition) is 7. The Morgan fingerprint density at radius 3 is 2.03 bits per heavy atom. The van der Waals surface area contributed by atoms with Crippen LogP contribution in [0.2, 0.25) is 0 Å². The zero-order valence-electron chi connectivity index (χ0n) is 18.1. The molecule has 0 saturated heterocycles. The molecule has 3 rings (SSSR count). The van der Waals surface area contributed by atoms with E-state index in [4.69, 9.17) is 27.4 Å². The third-order valence-electron chi connectivity index (χ3n) is 4.69. The minimum Gasteiger partial charge on any atom is -0.493 e. The van der Waals surface area contributed by atoms with Gasteiger partial charge in [0.15, 0.2) is 17.3 Å². The van der Waals surface area contributed by atoms with E-state index in [-0.39, 0.29) is 33.2 Å². The zero-order chi connectivity index (χ0) is 24.8. The Labute approximate surface area is 199 Å². The first-order chi connectivity index (χ1) is 16.2. The molecule has 2 aromatic carbocycles. The standard InChI is InChI=1S/C23H20N4O6S/c1-32-17-8-7-14(10-18(17)33-2)22(29)27-20-16(9-15(11-25-20)23(30)31)26-21(28)13-5-3-12(4-6-13)19(24)34/h3-11H,1-2H3,(H2,24,34)(H,26,28)(H,30,31)(H,25,27,29). The summed E-state index contributed by atoms with van der Waals surface area (Å²) in [5.74, 6) is -1.62. The first kappa shape index (κ1) is 24.1. The Bertz CT molecular complexity index is 1280. The van der Waals surface area contributed by atoms with Crippen molar-refractivity contribution in [2.75, 3.05) is 24.9 Å². The molecule has 1 aromatic heterocycles. The molecule has 3 aromatic rings. The lowest BCUT2D eigenvalue weighted by molar-refractivity contribution is 0.0696. The topological polar surface area (TPSA) is 153 Å². The van der Waals surface area contributed by atoms with Gasteiger partial charge >= 0.3 is 5.97 Å². The summed E-state index contributed by atoms with van der Waals surface area (Å²) in [6.45, 7) is 0. The summed E-state index contributed by atoms with van der Waals surface area (Å²) in [5, 5.41) is 14.5. The number of hydrogen-bond donors (Lipinski definition) is 4. The molecule has 0 radical (unpaired) electrons. The fourth-order valence-corrected chi connectivity index (χ4v) is 3.05. The summed E-state index contributed by atoms with van der Waals surface area (Å²) in [7, 11) is 2.91. The van der Waals surface area contributed by atoms with Gasteiger partial charge in [-0.2, -0.15) is 0 Å². The van der Waals surface area contributed by atoms with Gasteiger partial charge in [0.2, 0.25) is 0 Å². The van der Waals surface area contributed by atoms with Crippen LogP contribution < -0.4 is 25.8 Å². The van der Waals surface area contributed by atoms with Gasteiger partial charge in [-0.3, -0.25) is 9.59 Å². The summed E-state index contributed by atoms with van der Waals surface area (Å²) >= 11 is 4.90. The van der Waals surface area contributed by atoms with E-state index in [1.807, 2.05) is 0 Å². The Morgan fingerprint density at radius 2 is 1.44 bits per heavy atom. The molecule has 0 aliphatic heterocycles. The number of benzene rings is 2. The molecule has 11 heteroatoms. The molecule has 2 amide bonds. The van der Waals surface area contributed by atoms with Gasteiger partial charge in [-0.05, 0) is 36.4 Å². The number of aromatic carboxylic acids is 1. The second-order valence-electron chi connectivity index (χ2n) is 6.84. The number of thiocarbonyl (C=S) groups is 1. The number of nitrogens with two attached hydrogens (primary N) is 1. The number of nitrogens with one attached hydrogen (secondary N) is 2. The van der Waals surface area contributed by atoms with E-state index in [9.17, 15) is 19.5 Å². The number of aromatic nitrogens is 1. The molecule has 0 atom stereocenters. The number of carbonyl (C=O) groups is 3. The molecule has 34 heavy (non-hydrogen) atoms. The molecular weight excluding hydrogens is 460 g/mol. The number of methoxy groups -OCH3 is 2. The Balaban J connectivity index is 1.89. The maximum atomic E-state index is 12.8.